The average molecular weight is 248 g/mol. The number of carbonyl (C=O) groups excluding carboxylic acids is 1. The second-order valence-corrected chi connectivity index (χ2v) is 3.81. The van der Waals surface area contributed by atoms with Gasteiger partial charge in [0.2, 0.25) is 0 Å². The molecule has 0 radical (unpaired) electrons. The standard InChI is InChI=1S/C13H13FN2O2/c14-12-8-11(9-17)2-3-13(12)18-7-1-5-16-6-4-15-10-16/h2-4,6,8-10H,1,5,7H2. The van der Waals surface area contributed by atoms with Gasteiger partial charge in [0.15, 0.2) is 11.6 Å². The predicted molar refractivity (Wildman–Crippen MR) is 64.1 cm³/mol. The molecule has 18 heavy (non-hydrogen) atoms. The lowest BCUT2D eigenvalue weighted by molar-refractivity contribution is 0.112. The van der Waals surface area contributed by atoms with Crippen molar-refractivity contribution in [2.75, 3.05) is 6.61 Å². The first-order chi connectivity index (χ1) is 8.79. The van der Waals surface area contributed by atoms with Gasteiger partial charge in [-0.1, -0.05) is 0 Å². The lowest BCUT2D eigenvalue weighted by Crippen LogP contribution is -2.04. The topological polar surface area (TPSA) is 44.1 Å². The Morgan fingerprint density at radius 3 is 3.00 bits per heavy atom. The third kappa shape index (κ3) is 3.16. The van der Waals surface area contributed by atoms with Gasteiger partial charge in [0.1, 0.15) is 6.29 Å². The first kappa shape index (κ1) is 12.3. The number of carbonyl (C=O) groups is 1. The number of imidazole rings is 1. The smallest absolute Gasteiger partial charge is 0.165 e. The van der Waals surface area contributed by atoms with Gasteiger partial charge in [-0.05, 0) is 24.6 Å². The summed E-state index contributed by atoms with van der Waals surface area (Å²) in [5.41, 5.74) is 0.304. The summed E-state index contributed by atoms with van der Waals surface area (Å²) in [6.07, 6.45) is 6.65. The third-order valence-corrected chi connectivity index (χ3v) is 2.47. The maximum atomic E-state index is 13.4. The summed E-state index contributed by atoms with van der Waals surface area (Å²) < 4.78 is 20.7. The zero-order chi connectivity index (χ0) is 12.8. The highest BCUT2D eigenvalue weighted by Crippen LogP contribution is 2.17. The largest absolute Gasteiger partial charge is 0.490 e. The molecule has 0 fully saturated rings. The summed E-state index contributed by atoms with van der Waals surface area (Å²) in [7, 11) is 0. The maximum absolute atomic E-state index is 13.4. The number of hydrogen-bond acceptors (Lipinski definition) is 3. The molecule has 5 heteroatoms. The van der Waals surface area contributed by atoms with E-state index >= 15 is 0 Å². The zero-order valence-electron chi connectivity index (χ0n) is 9.75. The molecule has 1 aromatic carbocycles. The summed E-state index contributed by atoms with van der Waals surface area (Å²) in [6, 6.07) is 4.16. The minimum absolute atomic E-state index is 0.172. The van der Waals surface area contributed by atoms with E-state index in [0.29, 0.717) is 18.5 Å². The van der Waals surface area contributed by atoms with Crippen molar-refractivity contribution in [3.63, 3.8) is 0 Å². The monoisotopic (exact) mass is 248 g/mol. The van der Waals surface area contributed by atoms with Crippen LogP contribution in [0.4, 0.5) is 4.39 Å². The van der Waals surface area contributed by atoms with E-state index in [2.05, 4.69) is 4.98 Å². The van der Waals surface area contributed by atoms with Crippen molar-refractivity contribution in [2.45, 2.75) is 13.0 Å². The molecule has 4 nitrogen and oxygen atoms in total. The van der Waals surface area contributed by atoms with Gasteiger partial charge in [0.05, 0.1) is 12.9 Å². The molecule has 0 unspecified atom stereocenters. The van der Waals surface area contributed by atoms with Gasteiger partial charge in [-0.25, -0.2) is 9.37 Å². The van der Waals surface area contributed by atoms with Gasteiger partial charge >= 0.3 is 0 Å². The normalized spacial score (nSPS) is 10.3. The van der Waals surface area contributed by atoms with Crippen molar-refractivity contribution in [3.8, 4) is 5.75 Å². The van der Waals surface area contributed by atoms with Crippen LogP contribution in [0.1, 0.15) is 16.8 Å². The minimum Gasteiger partial charge on any atom is -0.490 e. The molecule has 1 aromatic heterocycles. The summed E-state index contributed by atoms with van der Waals surface area (Å²) in [6.45, 7) is 1.18. The van der Waals surface area contributed by atoms with Crippen LogP contribution >= 0.6 is 0 Å². The number of halogens is 1. The molecule has 0 bridgehead atoms. The van der Waals surface area contributed by atoms with Crippen molar-refractivity contribution >= 4 is 6.29 Å². The van der Waals surface area contributed by atoms with Crippen LogP contribution in [-0.4, -0.2) is 22.4 Å². The number of rotatable bonds is 6. The first-order valence-electron chi connectivity index (χ1n) is 5.63. The third-order valence-electron chi connectivity index (χ3n) is 2.47. The van der Waals surface area contributed by atoms with Crippen molar-refractivity contribution in [3.05, 3.63) is 48.3 Å². The molecule has 0 saturated heterocycles. The molecule has 0 aliphatic heterocycles. The van der Waals surface area contributed by atoms with Gasteiger partial charge in [-0.3, -0.25) is 4.79 Å². The van der Waals surface area contributed by atoms with E-state index in [1.807, 2.05) is 10.8 Å². The number of aryl methyl sites for hydroxylation is 1. The Hall–Kier alpha value is -2.17. The van der Waals surface area contributed by atoms with Crippen LogP contribution in [-0.2, 0) is 6.54 Å². The summed E-state index contributed by atoms with van der Waals surface area (Å²) >= 11 is 0. The summed E-state index contributed by atoms with van der Waals surface area (Å²) in [4.78, 5) is 14.4. The van der Waals surface area contributed by atoms with Crippen LogP contribution in [0.2, 0.25) is 0 Å². The van der Waals surface area contributed by atoms with Crippen LogP contribution in [0.5, 0.6) is 5.75 Å². The molecule has 0 amide bonds. The highest BCUT2D eigenvalue weighted by atomic mass is 19.1. The molecule has 2 aromatic rings. The number of benzene rings is 1. The molecule has 0 aliphatic carbocycles. The van der Waals surface area contributed by atoms with E-state index in [9.17, 15) is 9.18 Å². The fourth-order valence-corrected chi connectivity index (χ4v) is 1.56. The quantitative estimate of drug-likeness (QED) is 0.582. The Morgan fingerprint density at radius 2 is 2.33 bits per heavy atom. The van der Waals surface area contributed by atoms with Crippen molar-refractivity contribution in [2.24, 2.45) is 0 Å². The molecule has 0 N–H and O–H groups in total. The molecule has 0 aliphatic rings. The number of aromatic nitrogens is 2. The fraction of sp³-hybridized carbons (Fsp3) is 0.231. The van der Waals surface area contributed by atoms with E-state index in [0.717, 1.165) is 19.0 Å². The Bertz CT molecular complexity index is 512. The van der Waals surface area contributed by atoms with Gasteiger partial charge in [0, 0.05) is 24.5 Å². The van der Waals surface area contributed by atoms with Gasteiger partial charge in [-0.2, -0.15) is 0 Å². The lowest BCUT2D eigenvalue weighted by atomic mass is 10.2. The lowest BCUT2D eigenvalue weighted by Gasteiger charge is -2.07. The summed E-state index contributed by atoms with van der Waals surface area (Å²) in [5, 5.41) is 0. The van der Waals surface area contributed by atoms with E-state index < -0.39 is 5.82 Å². The SMILES string of the molecule is O=Cc1ccc(OCCCn2ccnc2)c(F)c1. The molecule has 0 spiro atoms. The molecule has 94 valence electrons. The molecular formula is C13H13FN2O2. The van der Waals surface area contributed by atoms with Gasteiger partial charge in [0.25, 0.3) is 0 Å². The number of hydrogen-bond donors (Lipinski definition) is 0. The predicted octanol–water partition coefficient (Wildman–Crippen LogP) is 2.30. The zero-order valence-corrected chi connectivity index (χ0v) is 9.75. The van der Waals surface area contributed by atoms with E-state index in [4.69, 9.17) is 4.74 Å². The first-order valence-corrected chi connectivity index (χ1v) is 5.63. The highest BCUT2D eigenvalue weighted by molar-refractivity contribution is 5.74. The second kappa shape index (κ2) is 5.95. The number of nitrogens with zero attached hydrogens (tertiary/aromatic N) is 2. The van der Waals surface area contributed by atoms with Crippen LogP contribution in [0.3, 0.4) is 0 Å². The molecular weight excluding hydrogens is 235 g/mol. The molecule has 1 heterocycles. The molecule has 2 rings (SSSR count). The van der Waals surface area contributed by atoms with E-state index in [1.54, 1.807) is 12.5 Å². The van der Waals surface area contributed by atoms with E-state index in [-0.39, 0.29) is 5.75 Å². The van der Waals surface area contributed by atoms with Crippen molar-refractivity contribution in [1.82, 2.24) is 9.55 Å². The van der Waals surface area contributed by atoms with Crippen LogP contribution in [0.15, 0.2) is 36.9 Å². The average Bonchev–Trinajstić information content (AvgIpc) is 2.89. The van der Waals surface area contributed by atoms with Crippen molar-refractivity contribution < 1.29 is 13.9 Å². The van der Waals surface area contributed by atoms with Crippen LogP contribution < -0.4 is 4.74 Å². The van der Waals surface area contributed by atoms with Crippen molar-refractivity contribution in [1.29, 1.82) is 0 Å². The number of ether oxygens (including phenoxy) is 1. The maximum Gasteiger partial charge on any atom is 0.165 e. The minimum atomic E-state index is -0.512. The van der Waals surface area contributed by atoms with Gasteiger partial charge < -0.3 is 9.30 Å². The molecule has 0 atom stereocenters. The summed E-state index contributed by atoms with van der Waals surface area (Å²) in [5.74, 6) is -0.339. The fourth-order valence-electron chi connectivity index (χ4n) is 1.56. The Morgan fingerprint density at radius 1 is 1.44 bits per heavy atom. The Labute approximate surface area is 104 Å². The van der Waals surface area contributed by atoms with Crippen LogP contribution in [0.25, 0.3) is 0 Å². The second-order valence-electron chi connectivity index (χ2n) is 3.81. The van der Waals surface area contributed by atoms with Crippen LogP contribution in [0, 0.1) is 5.82 Å². The Balaban J connectivity index is 1.81. The van der Waals surface area contributed by atoms with E-state index in [1.165, 1.54) is 12.1 Å². The molecule has 0 saturated carbocycles. The Kier molecular flexibility index (Phi) is 4.06. The highest BCUT2D eigenvalue weighted by Gasteiger charge is 2.04. The van der Waals surface area contributed by atoms with Gasteiger partial charge in [-0.15, -0.1) is 0 Å². The number of aldehydes is 1.